The van der Waals surface area contributed by atoms with Crippen molar-refractivity contribution in [2.75, 3.05) is 18.1 Å². The maximum absolute atomic E-state index is 12.4. The second-order valence-corrected chi connectivity index (χ2v) is 6.68. The van der Waals surface area contributed by atoms with Crippen LogP contribution in [0.2, 0.25) is 10.0 Å². The third-order valence-electron chi connectivity index (χ3n) is 4.10. The Labute approximate surface area is 156 Å². The van der Waals surface area contributed by atoms with E-state index in [4.69, 9.17) is 27.9 Å². The lowest BCUT2D eigenvalue weighted by Crippen LogP contribution is -2.38. The molecule has 0 fully saturated rings. The van der Waals surface area contributed by atoms with E-state index in [-0.39, 0.29) is 18.9 Å². The number of aryl methyl sites for hydroxylation is 1. The number of carbonyl (C=O) groups excluding carboxylic acids is 2. The Morgan fingerprint density at radius 3 is 2.68 bits per heavy atom. The van der Waals surface area contributed by atoms with Gasteiger partial charge >= 0.3 is 5.97 Å². The van der Waals surface area contributed by atoms with Gasteiger partial charge < -0.3 is 9.64 Å². The molecule has 1 aliphatic rings. The van der Waals surface area contributed by atoms with Gasteiger partial charge in [0.05, 0.1) is 16.5 Å². The summed E-state index contributed by atoms with van der Waals surface area (Å²) in [5, 5.41) is 0.811. The molecule has 2 aromatic carbocycles. The fraction of sp³-hybridized carbons (Fsp3) is 0.263. The quantitative estimate of drug-likeness (QED) is 0.754. The number of amides is 1. The molecule has 1 amide bonds. The fourth-order valence-electron chi connectivity index (χ4n) is 2.88. The molecule has 130 valence electrons. The zero-order valence-electron chi connectivity index (χ0n) is 13.5. The van der Waals surface area contributed by atoms with Gasteiger partial charge in [-0.05, 0) is 42.2 Å². The minimum atomic E-state index is -0.475. The maximum atomic E-state index is 12.4. The lowest BCUT2D eigenvalue weighted by atomic mass is 10.0. The van der Waals surface area contributed by atoms with Gasteiger partial charge in [0.15, 0.2) is 6.61 Å². The number of halogens is 2. The Morgan fingerprint density at radius 2 is 1.88 bits per heavy atom. The highest BCUT2D eigenvalue weighted by Gasteiger charge is 2.23. The van der Waals surface area contributed by atoms with E-state index >= 15 is 0 Å². The van der Waals surface area contributed by atoms with E-state index in [1.807, 2.05) is 24.3 Å². The number of para-hydroxylation sites is 1. The Kier molecular flexibility index (Phi) is 5.61. The topological polar surface area (TPSA) is 46.6 Å². The predicted molar refractivity (Wildman–Crippen MR) is 98.2 cm³/mol. The van der Waals surface area contributed by atoms with E-state index in [9.17, 15) is 9.59 Å². The molecule has 0 bridgehead atoms. The van der Waals surface area contributed by atoms with Gasteiger partial charge in [-0.15, -0.1) is 0 Å². The summed E-state index contributed by atoms with van der Waals surface area (Å²) in [7, 11) is 0. The minimum Gasteiger partial charge on any atom is -0.455 e. The lowest BCUT2D eigenvalue weighted by molar-refractivity contribution is -0.147. The van der Waals surface area contributed by atoms with Gasteiger partial charge in [0.1, 0.15) is 0 Å². The molecule has 0 aromatic heterocycles. The first-order valence-corrected chi connectivity index (χ1v) is 8.78. The van der Waals surface area contributed by atoms with Crippen LogP contribution in [-0.4, -0.2) is 25.0 Å². The van der Waals surface area contributed by atoms with E-state index < -0.39 is 5.97 Å². The molecule has 0 radical (unpaired) electrons. The van der Waals surface area contributed by atoms with Gasteiger partial charge in [-0.3, -0.25) is 9.59 Å². The van der Waals surface area contributed by atoms with Crippen molar-refractivity contribution in [1.82, 2.24) is 0 Å². The first kappa shape index (κ1) is 17.8. The van der Waals surface area contributed by atoms with Crippen LogP contribution in [0.1, 0.15) is 17.5 Å². The standard InChI is InChI=1S/C19H17Cl2NO3/c20-15-8-7-13(10-16(15)21)11-19(24)25-12-18(23)22-9-3-5-14-4-1-2-6-17(14)22/h1-2,4,6-8,10H,3,5,9,11-12H2. The summed E-state index contributed by atoms with van der Waals surface area (Å²) in [4.78, 5) is 26.1. The number of benzene rings is 2. The molecular weight excluding hydrogens is 361 g/mol. The maximum Gasteiger partial charge on any atom is 0.310 e. The molecule has 3 rings (SSSR count). The van der Waals surface area contributed by atoms with E-state index in [0.717, 1.165) is 24.1 Å². The summed E-state index contributed by atoms with van der Waals surface area (Å²) < 4.78 is 5.14. The van der Waals surface area contributed by atoms with Gasteiger partial charge in [-0.1, -0.05) is 47.5 Å². The summed E-state index contributed by atoms with van der Waals surface area (Å²) in [6.07, 6.45) is 1.90. The van der Waals surface area contributed by atoms with Crippen molar-refractivity contribution in [2.45, 2.75) is 19.3 Å². The molecule has 6 heteroatoms. The number of anilines is 1. The van der Waals surface area contributed by atoms with Crippen molar-refractivity contribution in [3.05, 3.63) is 63.6 Å². The zero-order valence-corrected chi connectivity index (χ0v) is 15.0. The van der Waals surface area contributed by atoms with Crippen molar-refractivity contribution >= 4 is 40.8 Å². The Hall–Kier alpha value is -2.04. The first-order chi connectivity index (χ1) is 12.0. The molecule has 25 heavy (non-hydrogen) atoms. The van der Waals surface area contributed by atoms with E-state index in [0.29, 0.717) is 22.2 Å². The number of carbonyl (C=O) groups is 2. The monoisotopic (exact) mass is 377 g/mol. The minimum absolute atomic E-state index is 0.0424. The summed E-state index contributed by atoms with van der Waals surface area (Å²) in [5.41, 5.74) is 2.73. The van der Waals surface area contributed by atoms with E-state index in [1.165, 1.54) is 0 Å². The van der Waals surface area contributed by atoms with Crippen molar-refractivity contribution in [3.63, 3.8) is 0 Å². The molecule has 0 saturated heterocycles. The number of esters is 1. The molecular formula is C19H17Cl2NO3. The highest BCUT2D eigenvalue weighted by Crippen LogP contribution is 2.27. The molecule has 1 aliphatic heterocycles. The Bertz CT molecular complexity index is 807. The average molecular weight is 378 g/mol. The van der Waals surface area contributed by atoms with Gasteiger partial charge in [0.2, 0.25) is 0 Å². The van der Waals surface area contributed by atoms with E-state index in [1.54, 1.807) is 23.1 Å². The molecule has 0 unspecified atom stereocenters. The Morgan fingerprint density at radius 1 is 1.08 bits per heavy atom. The normalized spacial score (nSPS) is 13.3. The van der Waals surface area contributed by atoms with Crippen LogP contribution in [0.5, 0.6) is 0 Å². The van der Waals surface area contributed by atoms with Crippen LogP contribution in [0.25, 0.3) is 0 Å². The van der Waals surface area contributed by atoms with Crippen molar-refractivity contribution in [3.8, 4) is 0 Å². The summed E-state index contributed by atoms with van der Waals surface area (Å²) in [6, 6.07) is 12.8. The SMILES string of the molecule is O=C(Cc1ccc(Cl)c(Cl)c1)OCC(=O)N1CCCc2ccccc21. The molecule has 1 heterocycles. The predicted octanol–water partition coefficient (Wildman–Crippen LogP) is 4.06. The number of nitrogens with zero attached hydrogens (tertiary/aromatic N) is 1. The van der Waals surface area contributed by atoms with Crippen LogP contribution in [0.3, 0.4) is 0 Å². The van der Waals surface area contributed by atoms with Crippen molar-refractivity contribution in [2.24, 2.45) is 0 Å². The van der Waals surface area contributed by atoms with E-state index in [2.05, 4.69) is 0 Å². The number of hydrogen-bond acceptors (Lipinski definition) is 3. The molecule has 0 N–H and O–H groups in total. The van der Waals surface area contributed by atoms with Crippen LogP contribution in [-0.2, 0) is 27.2 Å². The summed E-state index contributed by atoms with van der Waals surface area (Å²) >= 11 is 11.8. The van der Waals surface area contributed by atoms with Crippen molar-refractivity contribution < 1.29 is 14.3 Å². The smallest absolute Gasteiger partial charge is 0.310 e. The molecule has 0 saturated carbocycles. The molecule has 4 nitrogen and oxygen atoms in total. The number of hydrogen-bond donors (Lipinski definition) is 0. The van der Waals surface area contributed by atoms with Crippen molar-refractivity contribution in [1.29, 1.82) is 0 Å². The molecule has 0 atom stereocenters. The molecule has 2 aromatic rings. The average Bonchev–Trinajstić information content (AvgIpc) is 2.62. The first-order valence-electron chi connectivity index (χ1n) is 8.02. The second-order valence-electron chi connectivity index (χ2n) is 5.86. The van der Waals surface area contributed by atoms with Crippen LogP contribution in [0.15, 0.2) is 42.5 Å². The zero-order chi connectivity index (χ0) is 17.8. The third kappa shape index (κ3) is 4.33. The van der Waals surface area contributed by atoms with Crippen LogP contribution < -0.4 is 4.90 Å². The summed E-state index contributed by atoms with van der Waals surface area (Å²) in [5.74, 6) is -0.688. The second kappa shape index (κ2) is 7.89. The van der Waals surface area contributed by atoms with Crippen LogP contribution in [0, 0.1) is 0 Å². The van der Waals surface area contributed by atoms with Crippen LogP contribution >= 0.6 is 23.2 Å². The number of ether oxygens (including phenoxy) is 1. The van der Waals surface area contributed by atoms with Gasteiger partial charge in [-0.25, -0.2) is 0 Å². The third-order valence-corrected chi connectivity index (χ3v) is 4.84. The highest BCUT2D eigenvalue weighted by molar-refractivity contribution is 6.42. The fourth-order valence-corrected chi connectivity index (χ4v) is 3.20. The summed E-state index contributed by atoms with van der Waals surface area (Å²) in [6.45, 7) is 0.370. The molecule has 0 aliphatic carbocycles. The molecule has 0 spiro atoms. The Balaban J connectivity index is 1.57. The number of rotatable bonds is 4. The largest absolute Gasteiger partial charge is 0.455 e. The lowest BCUT2D eigenvalue weighted by Gasteiger charge is -2.29. The van der Waals surface area contributed by atoms with Gasteiger partial charge in [0, 0.05) is 12.2 Å². The number of fused-ring (bicyclic) bond motifs is 1. The van der Waals surface area contributed by atoms with Gasteiger partial charge in [-0.2, -0.15) is 0 Å². The van der Waals surface area contributed by atoms with Gasteiger partial charge in [0.25, 0.3) is 5.91 Å². The van der Waals surface area contributed by atoms with Crippen LogP contribution in [0.4, 0.5) is 5.69 Å². The highest BCUT2D eigenvalue weighted by atomic mass is 35.5.